The van der Waals surface area contributed by atoms with Crippen LogP contribution in [0.1, 0.15) is 13.3 Å². The molecule has 0 aliphatic rings. The van der Waals surface area contributed by atoms with Crippen molar-refractivity contribution in [2.75, 3.05) is 18.8 Å². The normalized spacial score (nSPS) is 12.7. The number of hydrogen-bond donors (Lipinski definition) is 1. The third-order valence-corrected chi connectivity index (χ3v) is 3.87. The van der Waals surface area contributed by atoms with Crippen molar-refractivity contribution in [2.45, 2.75) is 18.2 Å². The van der Waals surface area contributed by atoms with E-state index in [-0.39, 0.29) is 0 Å². The summed E-state index contributed by atoms with van der Waals surface area (Å²) in [5, 5.41) is 3.24. The number of halogens is 1. The lowest BCUT2D eigenvalue weighted by Gasteiger charge is -2.03. The zero-order chi connectivity index (χ0) is 11.1. The summed E-state index contributed by atoms with van der Waals surface area (Å²) in [4.78, 5) is 0.900. The second-order valence-electron chi connectivity index (χ2n) is 3.25. The molecule has 0 radical (unpaired) electrons. The lowest BCUT2D eigenvalue weighted by molar-refractivity contribution is 0.669. The first-order valence-electron chi connectivity index (χ1n) is 5.08. The summed E-state index contributed by atoms with van der Waals surface area (Å²) < 4.78 is 12.8. The van der Waals surface area contributed by atoms with E-state index in [1.807, 2.05) is 24.3 Å². The molecule has 0 amide bonds. The Morgan fingerprint density at radius 2 is 1.93 bits per heavy atom. The number of hydrogen-bond acceptors (Lipinski definition) is 2. The highest BCUT2D eigenvalue weighted by Gasteiger charge is 2.02. The fourth-order valence-electron chi connectivity index (χ4n) is 1.17. The van der Waals surface area contributed by atoms with Gasteiger partial charge in [-0.15, -0.1) is 0 Å². The van der Waals surface area contributed by atoms with Gasteiger partial charge in [0.15, 0.2) is 0 Å². The summed E-state index contributed by atoms with van der Waals surface area (Å²) in [6.45, 7) is 3.94. The van der Waals surface area contributed by atoms with E-state index < -0.39 is 10.8 Å². The average molecular weight is 290 g/mol. The molecule has 1 unspecified atom stereocenters. The highest BCUT2D eigenvalue weighted by molar-refractivity contribution is 9.10. The number of benzene rings is 1. The Morgan fingerprint density at radius 3 is 2.53 bits per heavy atom. The molecular weight excluding hydrogens is 274 g/mol. The smallest absolute Gasteiger partial charge is 0.0542 e. The largest absolute Gasteiger partial charge is 0.316 e. The minimum Gasteiger partial charge on any atom is -0.316 e. The Hall–Kier alpha value is -0.190. The molecule has 1 aromatic carbocycles. The molecule has 1 atom stereocenters. The number of nitrogens with one attached hydrogen (secondary N) is 1. The molecular formula is C11H16BrNOS. The molecule has 0 fully saturated rings. The fraction of sp³-hybridized carbons (Fsp3) is 0.455. The highest BCUT2D eigenvalue weighted by atomic mass is 79.9. The molecule has 2 nitrogen and oxygen atoms in total. The van der Waals surface area contributed by atoms with E-state index in [0.717, 1.165) is 28.9 Å². The van der Waals surface area contributed by atoms with Crippen molar-refractivity contribution in [2.24, 2.45) is 0 Å². The molecule has 1 aromatic rings. The van der Waals surface area contributed by atoms with Crippen molar-refractivity contribution < 1.29 is 4.21 Å². The maximum absolute atomic E-state index is 11.8. The van der Waals surface area contributed by atoms with Crippen molar-refractivity contribution in [1.29, 1.82) is 0 Å². The fourth-order valence-corrected chi connectivity index (χ4v) is 2.44. The Morgan fingerprint density at radius 1 is 1.27 bits per heavy atom. The molecule has 0 aliphatic heterocycles. The van der Waals surface area contributed by atoms with Crippen LogP contribution in [0.3, 0.4) is 0 Å². The van der Waals surface area contributed by atoms with Crippen LogP contribution in [0.5, 0.6) is 0 Å². The third kappa shape index (κ3) is 4.91. The Labute approximate surface area is 102 Å². The molecule has 0 heterocycles. The van der Waals surface area contributed by atoms with E-state index in [0.29, 0.717) is 5.75 Å². The molecule has 0 saturated carbocycles. The highest BCUT2D eigenvalue weighted by Crippen LogP contribution is 2.13. The third-order valence-electron chi connectivity index (χ3n) is 1.97. The summed E-state index contributed by atoms with van der Waals surface area (Å²) in [5.41, 5.74) is 0. The Kier molecular flexibility index (Phi) is 6.13. The van der Waals surface area contributed by atoms with Crippen molar-refractivity contribution in [3.63, 3.8) is 0 Å². The average Bonchev–Trinajstić information content (AvgIpc) is 2.25. The lowest BCUT2D eigenvalue weighted by atomic mass is 10.4. The predicted molar refractivity (Wildman–Crippen MR) is 68.6 cm³/mol. The molecule has 0 spiro atoms. The van der Waals surface area contributed by atoms with Gasteiger partial charge in [-0.05, 0) is 37.2 Å². The van der Waals surface area contributed by atoms with E-state index in [9.17, 15) is 4.21 Å². The van der Waals surface area contributed by atoms with Crippen molar-refractivity contribution in [3.8, 4) is 0 Å². The SMILES string of the molecule is CCCNCCS(=O)c1ccc(Br)cc1. The first kappa shape index (κ1) is 12.9. The van der Waals surface area contributed by atoms with Gasteiger partial charge in [-0.1, -0.05) is 22.9 Å². The van der Waals surface area contributed by atoms with Gasteiger partial charge in [-0.25, -0.2) is 0 Å². The molecule has 1 rings (SSSR count). The van der Waals surface area contributed by atoms with Gasteiger partial charge in [0.2, 0.25) is 0 Å². The summed E-state index contributed by atoms with van der Waals surface area (Å²) in [5.74, 6) is 0.682. The molecule has 0 aliphatic carbocycles. The Balaban J connectivity index is 2.37. The first-order valence-corrected chi connectivity index (χ1v) is 7.20. The maximum Gasteiger partial charge on any atom is 0.0542 e. The van der Waals surface area contributed by atoms with Crippen LogP contribution < -0.4 is 5.32 Å². The molecule has 4 heteroatoms. The second kappa shape index (κ2) is 7.14. The van der Waals surface area contributed by atoms with E-state index in [1.54, 1.807) is 0 Å². The van der Waals surface area contributed by atoms with Crippen LogP contribution in [0.15, 0.2) is 33.6 Å². The lowest BCUT2D eigenvalue weighted by Crippen LogP contribution is -2.21. The zero-order valence-electron chi connectivity index (χ0n) is 8.83. The van der Waals surface area contributed by atoms with E-state index in [1.165, 1.54) is 0 Å². The van der Waals surface area contributed by atoms with Gasteiger partial charge in [0.1, 0.15) is 0 Å². The molecule has 0 aromatic heterocycles. The van der Waals surface area contributed by atoms with Crippen LogP contribution in [0.2, 0.25) is 0 Å². The van der Waals surface area contributed by atoms with Gasteiger partial charge in [0.25, 0.3) is 0 Å². The Bertz CT molecular complexity index is 313. The topological polar surface area (TPSA) is 29.1 Å². The number of rotatable bonds is 6. The van der Waals surface area contributed by atoms with Gasteiger partial charge >= 0.3 is 0 Å². The standard InChI is InChI=1S/C11H16BrNOS/c1-2-7-13-8-9-15(14)11-5-3-10(12)4-6-11/h3-6,13H,2,7-9H2,1H3. The van der Waals surface area contributed by atoms with Crippen LogP contribution in [-0.2, 0) is 10.8 Å². The van der Waals surface area contributed by atoms with Crippen LogP contribution in [0, 0.1) is 0 Å². The van der Waals surface area contributed by atoms with Crippen LogP contribution in [-0.4, -0.2) is 23.1 Å². The molecule has 1 N–H and O–H groups in total. The van der Waals surface area contributed by atoms with Crippen LogP contribution in [0.25, 0.3) is 0 Å². The molecule has 0 bridgehead atoms. The summed E-state index contributed by atoms with van der Waals surface area (Å²) in [6, 6.07) is 7.65. The van der Waals surface area contributed by atoms with E-state index in [4.69, 9.17) is 0 Å². The van der Waals surface area contributed by atoms with Crippen molar-refractivity contribution in [3.05, 3.63) is 28.7 Å². The monoisotopic (exact) mass is 289 g/mol. The maximum atomic E-state index is 11.8. The van der Waals surface area contributed by atoms with Crippen LogP contribution >= 0.6 is 15.9 Å². The quantitative estimate of drug-likeness (QED) is 0.816. The van der Waals surface area contributed by atoms with Crippen molar-refractivity contribution in [1.82, 2.24) is 5.32 Å². The van der Waals surface area contributed by atoms with Crippen molar-refractivity contribution >= 4 is 26.7 Å². The minimum absolute atomic E-state index is 0.682. The first-order chi connectivity index (χ1) is 7.24. The van der Waals surface area contributed by atoms with Gasteiger partial charge < -0.3 is 5.32 Å². The van der Waals surface area contributed by atoms with Crippen LogP contribution in [0.4, 0.5) is 0 Å². The zero-order valence-corrected chi connectivity index (χ0v) is 11.2. The molecule has 15 heavy (non-hydrogen) atoms. The summed E-state index contributed by atoms with van der Waals surface area (Å²) >= 11 is 3.36. The molecule has 84 valence electrons. The summed E-state index contributed by atoms with van der Waals surface area (Å²) in [6.07, 6.45) is 1.12. The molecule has 0 saturated heterocycles. The van der Waals surface area contributed by atoms with Gasteiger partial charge in [0.05, 0.1) is 10.8 Å². The van der Waals surface area contributed by atoms with E-state index >= 15 is 0 Å². The second-order valence-corrected chi connectivity index (χ2v) is 5.74. The van der Waals surface area contributed by atoms with Gasteiger partial charge in [0, 0.05) is 21.7 Å². The van der Waals surface area contributed by atoms with E-state index in [2.05, 4.69) is 28.2 Å². The summed E-state index contributed by atoms with van der Waals surface area (Å²) in [7, 11) is -0.878. The van der Waals surface area contributed by atoms with Gasteiger partial charge in [-0.3, -0.25) is 4.21 Å². The minimum atomic E-state index is -0.878. The predicted octanol–water partition coefficient (Wildman–Crippen LogP) is 2.56. The van der Waals surface area contributed by atoms with Gasteiger partial charge in [-0.2, -0.15) is 0 Å².